The van der Waals surface area contributed by atoms with Crippen LogP contribution >= 0.6 is 0 Å². The summed E-state index contributed by atoms with van der Waals surface area (Å²) in [6.07, 6.45) is 0. The maximum absolute atomic E-state index is 6.77. The highest BCUT2D eigenvalue weighted by molar-refractivity contribution is 6.12. The van der Waals surface area contributed by atoms with Crippen molar-refractivity contribution in [3.8, 4) is 55.6 Å². The van der Waals surface area contributed by atoms with Crippen molar-refractivity contribution in [1.29, 1.82) is 0 Å². The van der Waals surface area contributed by atoms with Gasteiger partial charge in [-0.15, -0.1) is 0 Å². The van der Waals surface area contributed by atoms with Crippen molar-refractivity contribution in [2.75, 3.05) is 4.90 Å². The molecule has 0 aliphatic heterocycles. The highest BCUT2D eigenvalue weighted by Crippen LogP contribution is 2.45. The Labute approximate surface area is 327 Å². The van der Waals surface area contributed by atoms with Gasteiger partial charge in [0.25, 0.3) is 0 Å². The third-order valence-electron chi connectivity index (χ3n) is 10.7. The normalized spacial score (nSPS) is 11.2. The molecule has 0 radical (unpaired) electrons. The van der Waals surface area contributed by atoms with Crippen LogP contribution in [-0.4, -0.2) is 0 Å². The van der Waals surface area contributed by atoms with E-state index >= 15 is 0 Å². The molecule has 0 saturated heterocycles. The number of hydrogen-bond acceptors (Lipinski definition) is 2. The topological polar surface area (TPSA) is 16.4 Å². The fourth-order valence-electron chi connectivity index (χ4n) is 7.78. The molecule has 0 amide bonds. The molecule has 0 fully saturated rings. The molecular weight excluding hydrogens is 679 g/mol. The number of para-hydroxylation sites is 1. The molecule has 0 N–H and O–H groups in total. The Hall–Kier alpha value is -7.42. The molecule has 2 nitrogen and oxygen atoms in total. The van der Waals surface area contributed by atoms with Gasteiger partial charge < -0.3 is 9.32 Å². The van der Waals surface area contributed by atoms with Gasteiger partial charge in [-0.25, -0.2) is 0 Å². The SMILES string of the molecule is c1ccc(-c2ccc(-c3ccc(N(c4ccc(-c5ccccc5)cc4)c4cc(-c5ccc(-c6ccccc6)cc5)cc5c4oc4ccccc45)cc3)cc2)cc1. The molecule has 1 heterocycles. The van der Waals surface area contributed by atoms with E-state index in [1.807, 2.05) is 6.07 Å². The van der Waals surface area contributed by atoms with E-state index in [2.05, 4.69) is 223 Å². The lowest BCUT2D eigenvalue weighted by Crippen LogP contribution is -2.10. The smallest absolute Gasteiger partial charge is 0.159 e. The number of anilines is 3. The Kier molecular flexibility index (Phi) is 8.55. The number of furan rings is 1. The van der Waals surface area contributed by atoms with Crippen LogP contribution in [0.5, 0.6) is 0 Å². The zero-order chi connectivity index (χ0) is 37.3. The molecule has 10 aromatic rings. The second kappa shape index (κ2) is 14.4. The second-order valence-electron chi connectivity index (χ2n) is 14.2. The highest BCUT2D eigenvalue weighted by Gasteiger charge is 2.22. The Balaban J connectivity index is 1.11. The summed E-state index contributed by atoms with van der Waals surface area (Å²) in [5.74, 6) is 0. The lowest BCUT2D eigenvalue weighted by molar-refractivity contribution is 0.669. The van der Waals surface area contributed by atoms with Crippen LogP contribution in [0.25, 0.3) is 77.6 Å². The first-order valence-corrected chi connectivity index (χ1v) is 19.1. The first-order valence-electron chi connectivity index (χ1n) is 19.1. The van der Waals surface area contributed by atoms with Crippen molar-refractivity contribution in [3.63, 3.8) is 0 Å². The molecule has 0 aliphatic carbocycles. The van der Waals surface area contributed by atoms with Gasteiger partial charge in [0.1, 0.15) is 5.58 Å². The summed E-state index contributed by atoms with van der Waals surface area (Å²) in [6.45, 7) is 0. The quantitative estimate of drug-likeness (QED) is 0.156. The molecule has 0 bridgehead atoms. The third-order valence-corrected chi connectivity index (χ3v) is 10.7. The minimum atomic E-state index is 0.851. The van der Waals surface area contributed by atoms with Crippen LogP contribution in [0, 0.1) is 0 Å². The van der Waals surface area contributed by atoms with Gasteiger partial charge >= 0.3 is 0 Å². The van der Waals surface area contributed by atoms with Crippen LogP contribution in [0.1, 0.15) is 0 Å². The molecule has 0 saturated carbocycles. The summed E-state index contributed by atoms with van der Waals surface area (Å²) in [6, 6.07) is 80.0. The molecule has 0 spiro atoms. The van der Waals surface area contributed by atoms with E-state index in [-0.39, 0.29) is 0 Å². The molecule has 0 aliphatic rings. The van der Waals surface area contributed by atoms with E-state index in [1.165, 1.54) is 38.9 Å². The maximum atomic E-state index is 6.77. The van der Waals surface area contributed by atoms with Gasteiger partial charge in [-0.05, 0) is 98.1 Å². The molecule has 10 rings (SSSR count). The summed E-state index contributed by atoms with van der Waals surface area (Å²) in [7, 11) is 0. The van der Waals surface area contributed by atoms with Gasteiger partial charge in [-0.3, -0.25) is 0 Å². The number of rotatable bonds is 8. The van der Waals surface area contributed by atoms with Crippen LogP contribution in [-0.2, 0) is 0 Å². The predicted octanol–water partition coefficient (Wildman–Crippen LogP) is 15.4. The molecule has 2 heteroatoms. The minimum Gasteiger partial charge on any atom is -0.454 e. The highest BCUT2D eigenvalue weighted by atomic mass is 16.3. The largest absolute Gasteiger partial charge is 0.454 e. The molecule has 0 unspecified atom stereocenters. The monoisotopic (exact) mass is 715 g/mol. The van der Waals surface area contributed by atoms with E-state index < -0.39 is 0 Å². The number of fused-ring (bicyclic) bond motifs is 3. The summed E-state index contributed by atoms with van der Waals surface area (Å²) in [4.78, 5) is 2.34. The Bertz CT molecular complexity index is 2900. The van der Waals surface area contributed by atoms with Crippen LogP contribution in [0.2, 0.25) is 0 Å². The van der Waals surface area contributed by atoms with E-state index in [0.717, 1.165) is 55.7 Å². The first kappa shape index (κ1) is 33.2. The minimum absolute atomic E-state index is 0.851. The van der Waals surface area contributed by atoms with Crippen molar-refractivity contribution in [2.24, 2.45) is 0 Å². The lowest BCUT2D eigenvalue weighted by Gasteiger charge is -2.26. The van der Waals surface area contributed by atoms with E-state index in [1.54, 1.807) is 0 Å². The summed E-state index contributed by atoms with van der Waals surface area (Å²) < 4.78 is 6.77. The third kappa shape index (κ3) is 6.34. The number of hydrogen-bond donors (Lipinski definition) is 0. The molecule has 0 atom stereocenters. The Morgan fingerprint density at radius 1 is 0.268 bits per heavy atom. The van der Waals surface area contributed by atoms with E-state index in [4.69, 9.17) is 4.42 Å². The molecule has 1 aromatic heterocycles. The van der Waals surface area contributed by atoms with Crippen LogP contribution in [0.15, 0.2) is 229 Å². The first-order chi connectivity index (χ1) is 27.7. The summed E-state index contributed by atoms with van der Waals surface area (Å²) in [5.41, 5.74) is 16.6. The van der Waals surface area contributed by atoms with Gasteiger partial charge in [0.15, 0.2) is 5.58 Å². The average Bonchev–Trinajstić information content (AvgIpc) is 3.67. The Morgan fingerprint density at radius 3 is 1.04 bits per heavy atom. The van der Waals surface area contributed by atoms with Crippen LogP contribution in [0.4, 0.5) is 17.1 Å². The average molecular weight is 716 g/mol. The van der Waals surface area contributed by atoms with Gasteiger partial charge in [0.05, 0.1) is 5.69 Å². The molecular formula is C54H37NO. The lowest BCUT2D eigenvalue weighted by atomic mass is 9.97. The Morgan fingerprint density at radius 2 is 0.607 bits per heavy atom. The van der Waals surface area contributed by atoms with Gasteiger partial charge in [-0.1, -0.05) is 182 Å². The second-order valence-corrected chi connectivity index (χ2v) is 14.2. The fourth-order valence-corrected chi connectivity index (χ4v) is 7.78. The van der Waals surface area contributed by atoms with Crippen molar-refractivity contribution >= 4 is 39.0 Å². The summed E-state index contributed by atoms with van der Waals surface area (Å²) in [5, 5.41) is 2.18. The number of nitrogens with zero attached hydrogens (tertiary/aromatic N) is 1. The molecule has 9 aromatic carbocycles. The van der Waals surface area contributed by atoms with Crippen molar-refractivity contribution in [2.45, 2.75) is 0 Å². The summed E-state index contributed by atoms with van der Waals surface area (Å²) >= 11 is 0. The van der Waals surface area contributed by atoms with Crippen LogP contribution in [0.3, 0.4) is 0 Å². The standard InChI is InChI=1S/C54H37NO/c1-4-12-38(13-5-1)41-20-22-43(23-21-41)45-30-34-49(35-31-45)55(48-32-28-44(29-33-48)40-16-8-3-9-17-40)52-37-47(36-51-50-18-10-11-19-53(50)56-54(51)52)46-26-24-42(25-27-46)39-14-6-2-7-15-39/h1-37H. The zero-order valence-electron chi connectivity index (χ0n) is 30.7. The van der Waals surface area contributed by atoms with Crippen molar-refractivity contribution in [1.82, 2.24) is 0 Å². The van der Waals surface area contributed by atoms with Crippen LogP contribution < -0.4 is 4.90 Å². The van der Waals surface area contributed by atoms with Crippen molar-refractivity contribution in [3.05, 3.63) is 224 Å². The zero-order valence-corrected chi connectivity index (χ0v) is 30.7. The van der Waals surface area contributed by atoms with Gasteiger partial charge in [0, 0.05) is 22.1 Å². The van der Waals surface area contributed by atoms with E-state index in [9.17, 15) is 0 Å². The van der Waals surface area contributed by atoms with Crippen molar-refractivity contribution < 1.29 is 4.42 Å². The van der Waals surface area contributed by atoms with Gasteiger partial charge in [-0.2, -0.15) is 0 Å². The van der Waals surface area contributed by atoms with Gasteiger partial charge in [0.2, 0.25) is 0 Å². The fraction of sp³-hybridized carbons (Fsp3) is 0. The number of benzene rings is 9. The maximum Gasteiger partial charge on any atom is 0.159 e. The predicted molar refractivity (Wildman–Crippen MR) is 236 cm³/mol. The molecule has 56 heavy (non-hydrogen) atoms. The molecule has 264 valence electrons. The van der Waals surface area contributed by atoms with E-state index in [0.29, 0.717) is 0 Å².